The normalized spacial score (nSPS) is 21.1. The molecule has 0 bridgehead atoms. The van der Waals surface area contributed by atoms with Crippen molar-refractivity contribution >= 4 is 38.3 Å². The maximum Gasteiger partial charge on any atom is 0.244 e. The van der Waals surface area contributed by atoms with Crippen molar-refractivity contribution in [1.82, 2.24) is 14.3 Å². The molecule has 1 aliphatic heterocycles. The summed E-state index contributed by atoms with van der Waals surface area (Å²) in [5.74, 6) is 0.352. The Kier molecular flexibility index (Phi) is 5.07. The third-order valence-corrected chi connectivity index (χ3v) is 8.02. The Morgan fingerprint density at radius 2 is 2.04 bits per heavy atom. The molecule has 1 N–H and O–H groups in total. The summed E-state index contributed by atoms with van der Waals surface area (Å²) >= 11 is 6.18. The molecule has 1 saturated heterocycles. The van der Waals surface area contributed by atoms with Crippen LogP contribution in [0.15, 0.2) is 53.7 Å². The standard InChI is InChI=1S/C20H23ClN4O2S/c1-14-9-12-25(28(26,27)19-6-4-3-5-16(19)21)13-18(14)24(2)17-8-11-23-20-15(17)7-10-22-20/h3-8,10-11,14,18H,9,12-13H2,1-2H3,(H,22,23)/t14-,18+/m1/s1. The van der Waals surface area contributed by atoms with Gasteiger partial charge in [-0.25, -0.2) is 13.4 Å². The van der Waals surface area contributed by atoms with E-state index in [1.165, 1.54) is 0 Å². The lowest BCUT2D eigenvalue weighted by molar-refractivity contribution is 0.248. The van der Waals surface area contributed by atoms with Crippen molar-refractivity contribution in [2.75, 3.05) is 25.0 Å². The number of sulfonamides is 1. The number of aromatic nitrogens is 2. The monoisotopic (exact) mass is 418 g/mol. The zero-order chi connectivity index (χ0) is 19.9. The minimum atomic E-state index is -3.64. The van der Waals surface area contributed by atoms with Gasteiger partial charge in [0.25, 0.3) is 0 Å². The van der Waals surface area contributed by atoms with Crippen LogP contribution in [0.2, 0.25) is 5.02 Å². The quantitative estimate of drug-likeness (QED) is 0.700. The molecule has 2 atom stereocenters. The van der Waals surface area contributed by atoms with E-state index >= 15 is 0 Å². The number of nitrogens with one attached hydrogen (secondary N) is 1. The number of rotatable bonds is 4. The largest absolute Gasteiger partial charge is 0.369 e. The minimum absolute atomic E-state index is 0.0477. The fourth-order valence-corrected chi connectivity index (χ4v) is 5.93. The summed E-state index contributed by atoms with van der Waals surface area (Å²) in [7, 11) is -1.62. The van der Waals surface area contributed by atoms with Gasteiger partial charge in [-0.2, -0.15) is 4.31 Å². The summed E-state index contributed by atoms with van der Waals surface area (Å²) in [5.41, 5.74) is 1.87. The van der Waals surface area contributed by atoms with Gasteiger partial charge in [-0.3, -0.25) is 0 Å². The van der Waals surface area contributed by atoms with Crippen LogP contribution in [-0.2, 0) is 10.0 Å². The highest BCUT2D eigenvalue weighted by molar-refractivity contribution is 7.89. The lowest BCUT2D eigenvalue weighted by Gasteiger charge is -2.42. The summed E-state index contributed by atoms with van der Waals surface area (Å²) in [6.07, 6.45) is 4.43. The Balaban J connectivity index is 1.65. The molecule has 8 heteroatoms. The van der Waals surface area contributed by atoms with Crippen LogP contribution in [-0.4, -0.2) is 48.9 Å². The predicted octanol–water partition coefficient (Wildman–Crippen LogP) is 3.75. The number of aromatic amines is 1. The van der Waals surface area contributed by atoms with Crippen LogP contribution >= 0.6 is 11.6 Å². The van der Waals surface area contributed by atoms with Gasteiger partial charge >= 0.3 is 0 Å². The Labute approximate surface area is 170 Å². The Morgan fingerprint density at radius 1 is 1.25 bits per heavy atom. The predicted molar refractivity (Wildman–Crippen MR) is 112 cm³/mol. The van der Waals surface area contributed by atoms with Crippen molar-refractivity contribution in [2.45, 2.75) is 24.3 Å². The first-order valence-electron chi connectivity index (χ1n) is 9.29. The summed E-state index contributed by atoms with van der Waals surface area (Å²) < 4.78 is 28.0. The molecule has 0 aliphatic carbocycles. The van der Waals surface area contributed by atoms with Crippen LogP contribution in [0.4, 0.5) is 5.69 Å². The molecule has 3 aromatic rings. The van der Waals surface area contributed by atoms with Gasteiger partial charge in [0.15, 0.2) is 0 Å². The number of likely N-dealkylation sites (N-methyl/N-ethyl adjacent to an activating group) is 1. The summed E-state index contributed by atoms with van der Waals surface area (Å²) in [5, 5.41) is 1.29. The summed E-state index contributed by atoms with van der Waals surface area (Å²) in [6.45, 7) is 3.09. The van der Waals surface area contributed by atoms with E-state index in [0.717, 1.165) is 23.1 Å². The van der Waals surface area contributed by atoms with Crippen LogP contribution in [0, 0.1) is 5.92 Å². The molecule has 6 nitrogen and oxygen atoms in total. The van der Waals surface area contributed by atoms with E-state index in [-0.39, 0.29) is 16.0 Å². The molecule has 4 rings (SSSR count). The van der Waals surface area contributed by atoms with Gasteiger partial charge in [-0.15, -0.1) is 0 Å². The van der Waals surface area contributed by atoms with Gasteiger partial charge in [0, 0.05) is 49.6 Å². The maximum atomic E-state index is 13.2. The van der Waals surface area contributed by atoms with E-state index in [9.17, 15) is 8.42 Å². The lowest BCUT2D eigenvalue weighted by atomic mass is 9.93. The third kappa shape index (κ3) is 3.27. The van der Waals surface area contributed by atoms with E-state index in [0.29, 0.717) is 19.0 Å². The molecule has 1 fully saturated rings. The number of hydrogen-bond acceptors (Lipinski definition) is 4. The first-order valence-corrected chi connectivity index (χ1v) is 11.1. The van der Waals surface area contributed by atoms with Crippen LogP contribution in [0.3, 0.4) is 0 Å². The van der Waals surface area contributed by atoms with Crippen molar-refractivity contribution < 1.29 is 8.42 Å². The Morgan fingerprint density at radius 3 is 2.82 bits per heavy atom. The van der Waals surface area contributed by atoms with Gasteiger partial charge < -0.3 is 9.88 Å². The van der Waals surface area contributed by atoms with Gasteiger partial charge in [0.05, 0.1) is 5.02 Å². The van der Waals surface area contributed by atoms with Crippen molar-refractivity contribution in [3.05, 3.63) is 53.8 Å². The topological polar surface area (TPSA) is 69.3 Å². The van der Waals surface area contributed by atoms with Gasteiger partial charge in [-0.1, -0.05) is 30.7 Å². The average Bonchev–Trinajstić information content (AvgIpc) is 3.16. The average molecular weight is 419 g/mol. The van der Waals surface area contributed by atoms with E-state index < -0.39 is 10.0 Å². The first kappa shape index (κ1) is 19.2. The zero-order valence-corrected chi connectivity index (χ0v) is 17.4. The molecule has 0 amide bonds. The van der Waals surface area contributed by atoms with Gasteiger partial charge in [0.2, 0.25) is 10.0 Å². The Hall–Kier alpha value is -2.09. The summed E-state index contributed by atoms with van der Waals surface area (Å²) in [6, 6.07) is 10.7. The molecule has 0 saturated carbocycles. The highest BCUT2D eigenvalue weighted by Crippen LogP contribution is 2.33. The molecule has 0 radical (unpaired) electrons. The van der Waals surface area contributed by atoms with Crippen LogP contribution in [0.25, 0.3) is 11.0 Å². The molecule has 1 aliphatic rings. The van der Waals surface area contributed by atoms with E-state index in [1.54, 1.807) is 34.8 Å². The second kappa shape index (κ2) is 7.39. The maximum absolute atomic E-state index is 13.2. The molecular weight excluding hydrogens is 396 g/mol. The number of fused-ring (bicyclic) bond motifs is 1. The fraction of sp³-hybridized carbons (Fsp3) is 0.350. The molecule has 3 heterocycles. The van der Waals surface area contributed by atoms with Crippen LogP contribution < -0.4 is 4.90 Å². The van der Waals surface area contributed by atoms with Gasteiger partial charge in [-0.05, 0) is 36.6 Å². The molecular formula is C20H23ClN4O2S. The van der Waals surface area contributed by atoms with E-state index in [2.05, 4.69) is 21.8 Å². The van der Waals surface area contributed by atoms with Crippen LogP contribution in [0.5, 0.6) is 0 Å². The molecule has 2 aromatic heterocycles. The van der Waals surface area contributed by atoms with Gasteiger partial charge in [0.1, 0.15) is 10.5 Å². The van der Waals surface area contributed by atoms with Crippen molar-refractivity contribution in [1.29, 1.82) is 0 Å². The number of anilines is 1. The first-order chi connectivity index (χ1) is 13.4. The third-order valence-electron chi connectivity index (χ3n) is 5.65. The summed E-state index contributed by atoms with van der Waals surface area (Å²) in [4.78, 5) is 9.83. The number of H-pyrrole nitrogens is 1. The minimum Gasteiger partial charge on any atom is -0.369 e. The number of piperidine rings is 1. The van der Waals surface area contributed by atoms with E-state index in [4.69, 9.17) is 11.6 Å². The highest BCUT2D eigenvalue weighted by Gasteiger charge is 2.36. The Bertz CT molecular complexity index is 1100. The SMILES string of the molecule is C[C@@H]1CCN(S(=O)(=O)c2ccccc2Cl)C[C@@H]1N(C)c1ccnc2[nH]ccc12. The molecule has 28 heavy (non-hydrogen) atoms. The molecule has 148 valence electrons. The van der Waals surface area contributed by atoms with Crippen LogP contribution in [0.1, 0.15) is 13.3 Å². The highest BCUT2D eigenvalue weighted by atomic mass is 35.5. The fourth-order valence-electron chi connectivity index (χ4n) is 3.97. The van der Waals surface area contributed by atoms with E-state index in [1.807, 2.05) is 25.4 Å². The number of benzene rings is 1. The molecule has 0 unspecified atom stereocenters. The second-order valence-electron chi connectivity index (χ2n) is 7.31. The smallest absolute Gasteiger partial charge is 0.244 e. The number of nitrogens with zero attached hydrogens (tertiary/aromatic N) is 3. The second-order valence-corrected chi connectivity index (χ2v) is 9.62. The molecule has 0 spiro atoms. The number of pyridine rings is 1. The zero-order valence-electron chi connectivity index (χ0n) is 15.8. The van der Waals surface area contributed by atoms with Crippen molar-refractivity contribution in [3.8, 4) is 0 Å². The lowest BCUT2D eigenvalue weighted by Crippen LogP contribution is -2.52. The number of hydrogen-bond donors (Lipinski definition) is 1. The molecule has 1 aromatic carbocycles. The number of halogens is 1. The van der Waals surface area contributed by atoms with Crippen molar-refractivity contribution in [3.63, 3.8) is 0 Å². The van der Waals surface area contributed by atoms with Crippen molar-refractivity contribution in [2.24, 2.45) is 5.92 Å².